The van der Waals surface area contributed by atoms with Crippen LogP contribution in [0.2, 0.25) is 0 Å². The van der Waals surface area contributed by atoms with Gasteiger partial charge in [0.1, 0.15) is 5.75 Å². The van der Waals surface area contributed by atoms with Crippen molar-refractivity contribution < 1.29 is 4.74 Å². The fraction of sp³-hybridized carbons (Fsp3) is 0.455. The molecule has 2 rings (SSSR count). The molecule has 1 aliphatic rings. The van der Waals surface area contributed by atoms with E-state index in [4.69, 9.17) is 4.74 Å². The molecule has 0 radical (unpaired) electrons. The first kappa shape index (κ1) is 8.42. The average molecular weight is 177 g/mol. The second kappa shape index (κ2) is 3.29. The topological polar surface area (TPSA) is 21.3 Å². The summed E-state index contributed by atoms with van der Waals surface area (Å²) < 4.78 is 5.48. The van der Waals surface area contributed by atoms with Crippen LogP contribution in [0, 0.1) is 0 Å². The Morgan fingerprint density at radius 1 is 1.38 bits per heavy atom. The van der Waals surface area contributed by atoms with Crippen molar-refractivity contribution in [2.45, 2.75) is 26.3 Å². The normalized spacial score (nSPS) is 14.1. The number of benzene rings is 1. The molecule has 0 fully saturated rings. The predicted molar refractivity (Wildman–Crippen MR) is 54.4 cm³/mol. The minimum absolute atomic E-state index is 0.479. The van der Waals surface area contributed by atoms with Crippen molar-refractivity contribution in [1.82, 2.24) is 0 Å². The molecule has 0 unspecified atom stereocenters. The summed E-state index contributed by atoms with van der Waals surface area (Å²) in [6.45, 7) is 5.12. The molecule has 13 heavy (non-hydrogen) atoms. The molecule has 1 aromatic rings. The summed E-state index contributed by atoms with van der Waals surface area (Å²) in [7, 11) is 0. The summed E-state index contributed by atoms with van der Waals surface area (Å²) in [6, 6.07) is 6.67. The minimum Gasteiger partial charge on any atom is -0.493 e. The first-order chi connectivity index (χ1) is 6.27. The number of rotatable bonds is 2. The monoisotopic (exact) mass is 177 g/mol. The molecule has 0 bridgehead atoms. The quantitative estimate of drug-likeness (QED) is 0.749. The number of hydrogen-bond acceptors (Lipinski definition) is 2. The Morgan fingerprint density at radius 3 is 3.00 bits per heavy atom. The molecule has 0 aromatic heterocycles. The zero-order chi connectivity index (χ0) is 9.26. The van der Waals surface area contributed by atoms with E-state index in [2.05, 4.69) is 25.2 Å². The smallest absolute Gasteiger partial charge is 0.124 e. The van der Waals surface area contributed by atoms with E-state index >= 15 is 0 Å². The fourth-order valence-electron chi connectivity index (χ4n) is 1.67. The SMILES string of the molecule is CC(C)Nc1cccc2c1CCO2. The van der Waals surface area contributed by atoms with Crippen LogP contribution in [-0.4, -0.2) is 12.6 Å². The van der Waals surface area contributed by atoms with E-state index in [0.29, 0.717) is 6.04 Å². The second-order valence-electron chi connectivity index (χ2n) is 3.68. The van der Waals surface area contributed by atoms with Gasteiger partial charge in [-0.1, -0.05) is 6.07 Å². The molecule has 0 spiro atoms. The maximum atomic E-state index is 5.48. The van der Waals surface area contributed by atoms with Gasteiger partial charge in [-0.05, 0) is 26.0 Å². The molecular weight excluding hydrogens is 162 g/mol. The van der Waals surface area contributed by atoms with Gasteiger partial charge < -0.3 is 10.1 Å². The second-order valence-corrected chi connectivity index (χ2v) is 3.68. The van der Waals surface area contributed by atoms with E-state index in [1.54, 1.807) is 0 Å². The molecule has 1 N–H and O–H groups in total. The van der Waals surface area contributed by atoms with Crippen LogP contribution in [-0.2, 0) is 6.42 Å². The number of hydrogen-bond donors (Lipinski definition) is 1. The zero-order valence-electron chi connectivity index (χ0n) is 8.13. The third-order valence-electron chi connectivity index (χ3n) is 2.19. The highest BCUT2D eigenvalue weighted by Crippen LogP contribution is 2.31. The van der Waals surface area contributed by atoms with Crippen molar-refractivity contribution >= 4 is 5.69 Å². The number of fused-ring (bicyclic) bond motifs is 1. The van der Waals surface area contributed by atoms with Gasteiger partial charge in [-0.25, -0.2) is 0 Å². The van der Waals surface area contributed by atoms with Crippen LogP contribution in [0.1, 0.15) is 19.4 Å². The largest absolute Gasteiger partial charge is 0.493 e. The van der Waals surface area contributed by atoms with Gasteiger partial charge in [0.25, 0.3) is 0 Å². The highest BCUT2D eigenvalue weighted by molar-refractivity contribution is 5.59. The molecule has 0 amide bonds. The fourth-order valence-corrected chi connectivity index (χ4v) is 1.67. The lowest BCUT2D eigenvalue weighted by atomic mass is 10.1. The molecule has 1 heterocycles. The summed E-state index contributed by atoms with van der Waals surface area (Å²) in [5.74, 6) is 1.05. The Morgan fingerprint density at radius 2 is 2.23 bits per heavy atom. The Hall–Kier alpha value is -1.18. The van der Waals surface area contributed by atoms with E-state index in [1.807, 2.05) is 12.1 Å². The van der Waals surface area contributed by atoms with Gasteiger partial charge in [0.2, 0.25) is 0 Å². The Labute approximate surface area is 78.9 Å². The maximum absolute atomic E-state index is 5.48. The van der Waals surface area contributed by atoms with Gasteiger partial charge in [-0.3, -0.25) is 0 Å². The first-order valence-electron chi connectivity index (χ1n) is 4.78. The van der Waals surface area contributed by atoms with Crippen molar-refractivity contribution in [3.05, 3.63) is 23.8 Å². The zero-order valence-corrected chi connectivity index (χ0v) is 8.13. The predicted octanol–water partition coefficient (Wildman–Crippen LogP) is 2.44. The Bertz CT molecular complexity index is 307. The third kappa shape index (κ3) is 1.62. The Balaban J connectivity index is 2.30. The lowest BCUT2D eigenvalue weighted by Gasteiger charge is -2.12. The summed E-state index contributed by atoms with van der Waals surface area (Å²) in [5.41, 5.74) is 2.56. The number of ether oxygens (including phenoxy) is 1. The van der Waals surface area contributed by atoms with Crippen molar-refractivity contribution in [2.75, 3.05) is 11.9 Å². The summed E-state index contributed by atoms with van der Waals surface area (Å²) in [6.07, 6.45) is 1.03. The summed E-state index contributed by atoms with van der Waals surface area (Å²) in [4.78, 5) is 0. The lowest BCUT2D eigenvalue weighted by molar-refractivity contribution is 0.357. The van der Waals surface area contributed by atoms with Crippen LogP contribution >= 0.6 is 0 Å². The van der Waals surface area contributed by atoms with Crippen LogP contribution in [0.15, 0.2) is 18.2 Å². The van der Waals surface area contributed by atoms with Gasteiger partial charge in [-0.15, -0.1) is 0 Å². The van der Waals surface area contributed by atoms with Gasteiger partial charge in [0, 0.05) is 23.7 Å². The van der Waals surface area contributed by atoms with Crippen molar-refractivity contribution in [2.24, 2.45) is 0 Å². The van der Waals surface area contributed by atoms with Gasteiger partial charge in [0.15, 0.2) is 0 Å². The van der Waals surface area contributed by atoms with Crippen LogP contribution in [0.5, 0.6) is 5.75 Å². The van der Waals surface area contributed by atoms with Gasteiger partial charge in [-0.2, -0.15) is 0 Å². The minimum atomic E-state index is 0.479. The standard InChI is InChI=1S/C11H15NO/c1-8(2)12-10-4-3-5-11-9(10)6-7-13-11/h3-5,8,12H,6-7H2,1-2H3. The van der Waals surface area contributed by atoms with Gasteiger partial charge in [0.05, 0.1) is 6.61 Å². The molecule has 0 saturated heterocycles. The molecule has 1 aromatic carbocycles. The molecule has 0 aliphatic carbocycles. The number of anilines is 1. The molecule has 70 valence electrons. The highest BCUT2D eigenvalue weighted by atomic mass is 16.5. The molecule has 1 aliphatic heterocycles. The third-order valence-corrected chi connectivity index (χ3v) is 2.19. The molecule has 0 saturated carbocycles. The van der Waals surface area contributed by atoms with Crippen LogP contribution in [0.3, 0.4) is 0 Å². The first-order valence-corrected chi connectivity index (χ1v) is 4.78. The van der Waals surface area contributed by atoms with Gasteiger partial charge >= 0.3 is 0 Å². The molecular formula is C11H15NO. The lowest BCUT2D eigenvalue weighted by Crippen LogP contribution is -2.10. The van der Waals surface area contributed by atoms with E-state index in [1.165, 1.54) is 11.3 Å². The van der Waals surface area contributed by atoms with Crippen LogP contribution in [0.25, 0.3) is 0 Å². The molecule has 2 heteroatoms. The van der Waals surface area contributed by atoms with E-state index < -0.39 is 0 Å². The maximum Gasteiger partial charge on any atom is 0.124 e. The van der Waals surface area contributed by atoms with E-state index in [-0.39, 0.29) is 0 Å². The van der Waals surface area contributed by atoms with E-state index in [9.17, 15) is 0 Å². The van der Waals surface area contributed by atoms with Crippen molar-refractivity contribution in [1.29, 1.82) is 0 Å². The molecule has 2 nitrogen and oxygen atoms in total. The van der Waals surface area contributed by atoms with Crippen LogP contribution in [0.4, 0.5) is 5.69 Å². The van der Waals surface area contributed by atoms with Crippen molar-refractivity contribution in [3.8, 4) is 5.75 Å². The Kier molecular flexibility index (Phi) is 2.13. The number of nitrogens with one attached hydrogen (secondary N) is 1. The van der Waals surface area contributed by atoms with E-state index in [0.717, 1.165) is 18.8 Å². The summed E-state index contributed by atoms with van der Waals surface area (Å²) in [5, 5.41) is 3.43. The summed E-state index contributed by atoms with van der Waals surface area (Å²) >= 11 is 0. The van der Waals surface area contributed by atoms with Crippen LogP contribution < -0.4 is 10.1 Å². The van der Waals surface area contributed by atoms with Crippen molar-refractivity contribution in [3.63, 3.8) is 0 Å². The average Bonchev–Trinajstić information content (AvgIpc) is 2.51. The highest BCUT2D eigenvalue weighted by Gasteiger charge is 2.15. The molecule has 0 atom stereocenters.